The predicted molar refractivity (Wildman–Crippen MR) is 75.9 cm³/mol. The van der Waals surface area contributed by atoms with Gasteiger partial charge in [0.1, 0.15) is 0 Å². The molecule has 3 atom stereocenters. The molecular formula is C15H21ClN2. The van der Waals surface area contributed by atoms with E-state index in [9.17, 15) is 0 Å². The van der Waals surface area contributed by atoms with Crippen molar-refractivity contribution in [3.63, 3.8) is 0 Å². The van der Waals surface area contributed by atoms with Crippen LogP contribution in [0.5, 0.6) is 0 Å². The summed E-state index contributed by atoms with van der Waals surface area (Å²) in [7, 11) is 0. The normalized spacial score (nSPS) is 31.8. The third kappa shape index (κ3) is 2.18. The van der Waals surface area contributed by atoms with E-state index in [-0.39, 0.29) is 0 Å². The quantitative estimate of drug-likeness (QED) is 0.884. The second-order valence-electron chi connectivity index (χ2n) is 5.82. The van der Waals surface area contributed by atoms with Crippen molar-refractivity contribution in [2.45, 2.75) is 26.4 Å². The maximum atomic E-state index is 6.02. The van der Waals surface area contributed by atoms with Gasteiger partial charge in [0, 0.05) is 24.2 Å². The number of hydrogen-bond donors (Lipinski definition) is 1. The number of nitrogens with one attached hydrogen (secondary N) is 1. The van der Waals surface area contributed by atoms with Crippen molar-refractivity contribution >= 4 is 11.6 Å². The molecule has 18 heavy (non-hydrogen) atoms. The minimum Gasteiger partial charge on any atom is -0.316 e. The number of hydrogen-bond acceptors (Lipinski definition) is 2. The average molecular weight is 265 g/mol. The molecule has 2 saturated heterocycles. The number of benzene rings is 1. The molecular weight excluding hydrogens is 244 g/mol. The summed E-state index contributed by atoms with van der Waals surface area (Å²) in [6.07, 6.45) is 0. The zero-order valence-electron chi connectivity index (χ0n) is 11.1. The lowest BCUT2D eigenvalue weighted by atomic mass is 9.95. The summed E-state index contributed by atoms with van der Waals surface area (Å²) < 4.78 is 0. The monoisotopic (exact) mass is 264 g/mol. The summed E-state index contributed by atoms with van der Waals surface area (Å²) in [5.74, 6) is 1.70. The molecule has 3 unspecified atom stereocenters. The molecule has 2 aliphatic rings. The van der Waals surface area contributed by atoms with Gasteiger partial charge in [-0.25, -0.2) is 0 Å². The van der Waals surface area contributed by atoms with Gasteiger partial charge >= 0.3 is 0 Å². The fourth-order valence-corrected chi connectivity index (χ4v) is 3.75. The minimum atomic E-state index is 0.695. The van der Waals surface area contributed by atoms with Gasteiger partial charge in [-0.2, -0.15) is 0 Å². The number of rotatable bonds is 2. The van der Waals surface area contributed by atoms with E-state index in [2.05, 4.69) is 36.2 Å². The van der Waals surface area contributed by atoms with E-state index in [0.29, 0.717) is 6.04 Å². The Kier molecular flexibility index (Phi) is 3.35. The zero-order chi connectivity index (χ0) is 12.7. The number of halogens is 1. The van der Waals surface area contributed by atoms with Crippen LogP contribution in [0.2, 0.25) is 5.02 Å². The Labute approximate surface area is 114 Å². The maximum Gasteiger partial charge on any atom is 0.0408 e. The van der Waals surface area contributed by atoms with Crippen LogP contribution in [0.25, 0.3) is 0 Å². The topological polar surface area (TPSA) is 15.3 Å². The van der Waals surface area contributed by atoms with Crippen molar-refractivity contribution in [1.29, 1.82) is 0 Å². The van der Waals surface area contributed by atoms with Crippen molar-refractivity contribution in [3.05, 3.63) is 34.3 Å². The second kappa shape index (κ2) is 4.84. The van der Waals surface area contributed by atoms with Crippen LogP contribution in [-0.2, 0) is 6.54 Å². The molecule has 3 rings (SSSR count). The van der Waals surface area contributed by atoms with Crippen LogP contribution in [0.3, 0.4) is 0 Å². The summed E-state index contributed by atoms with van der Waals surface area (Å²) >= 11 is 6.02. The second-order valence-corrected chi connectivity index (χ2v) is 6.26. The highest BCUT2D eigenvalue weighted by molar-refractivity contribution is 6.30. The zero-order valence-corrected chi connectivity index (χ0v) is 11.9. The summed E-state index contributed by atoms with van der Waals surface area (Å²) in [5, 5.41) is 4.35. The minimum absolute atomic E-state index is 0.695. The molecule has 1 aromatic rings. The molecule has 0 radical (unpaired) electrons. The predicted octanol–water partition coefficient (Wildman–Crippen LogP) is 2.69. The van der Waals surface area contributed by atoms with E-state index in [1.54, 1.807) is 0 Å². The Morgan fingerprint density at radius 1 is 1.39 bits per heavy atom. The van der Waals surface area contributed by atoms with Crippen LogP contribution in [0.15, 0.2) is 18.2 Å². The fourth-order valence-electron chi connectivity index (χ4n) is 3.52. The van der Waals surface area contributed by atoms with Gasteiger partial charge < -0.3 is 5.32 Å². The molecule has 0 aromatic heterocycles. The molecule has 0 saturated carbocycles. The molecule has 1 N–H and O–H groups in total. The summed E-state index contributed by atoms with van der Waals surface area (Å²) in [5.41, 5.74) is 2.73. The van der Waals surface area contributed by atoms with Crippen LogP contribution < -0.4 is 5.32 Å². The lowest BCUT2D eigenvalue weighted by Gasteiger charge is -2.25. The maximum absolute atomic E-state index is 6.02. The first-order chi connectivity index (χ1) is 8.65. The van der Waals surface area contributed by atoms with E-state index < -0.39 is 0 Å². The van der Waals surface area contributed by atoms with E-state index in [0.717, 1.165) is 23.4 Å². The smallest absolute Gasteiger partial charge is 0.0408 e. The number of fused-ring (bicyclic) bond motifs is 1. The summed E-state index contributed by atoms with van der Waals surface area (Å²) in [6, 6.07) is 6.95. The Balaban J connectivity index is 1.73. The van der Waals surface area contributed by atoms with Gasteiger partial charge in [-0.3, -0.25) is 4.90 Å². The Bertz CT molecular complexity index is 446. The van der Waals surface area contributed by atoms with E-state index in [1.165, 1.54) is 30.8 Å². The van der Waals surface area contributed by atoms with Crippen molar-refractivity contribution in [2.75, 3.05) is 19.6 Å². The van der Waals surface area contributed by atoms with Gasteiger partial charge in [-0.15, -0.1) is 0 Å². The largest absolute Gasteiger partial charge is 0.316 e. The van der Waals surface area contributed by atoms with Crippen LogP contribution >= 0.6 is 11.6 Å². The molecule has 2 aliphatic heterocycles. The molecule has 0 bridgehead atoms. The van der Waals surface area contributed by atoms with Crippen LogP contribution in [0.4, 0.5) is 0 Å². The Hall–Kier alpha value is -0.570. The van der Waals surface area contributed by atoms with E-state index >= 15 is 0 Å². The SMILES string of the molecule is Cc1cc(Cl)ccc1CN1CC2CNCC2C1C. The highest BCUT2D eigenvalue weighted by Gasteiger charge is 2.41. The summed E-state index contributed by atoms with van der Waals surface area (Å²) in [6.45, 7) is 9.23. The number of likely N-dealkylation sites (tertiary alicyclic amines) is 1. The molecule has 0 amide bonds. The van der Waals surface area contributed by atoms with Crippen LogP contribution in [0.1, 0.15) is 18.1 Å². The highest BCUT2D eigenvalue weighted by Crippen LogP contribution is 2.33. The fraction of sp³-hybridized carbons (Fsp3) is 0.600. The van der Waals surface area contributed by atoms with Crippen molar-refractivity contribution in [2.24, 2.45) is 11.8 Å². The number of nitrogens with zero attached hydrogens (tertiary/aromatic N) is 1. The molecule has 2 fully saturated rings. The van der Waals surface area contributed by atoms with E-state index in [1.807, 2.05) is 6.07 Å². The first kappa shape index (κ1) is 12.5. The highest BCUT2D eigenvalue weighted by atomic mass is 35.5. The van der Waals surface area contributed by atoms with Gasteiger partial charge in [-0.05, 0) is 62.0 Å². The van der Waals surface area contributed by atoms with Gasteiger partial charge in [0.25, 0.3) is 0 Å². The van der Waals surface area contributed by atoms with Gasteiger partial charge in [0.15, 0.2) is 0 Å². The lowest BCUT2D eigenvalue weighted by Crippen LogP contribution is -2.32. The summed E-state index contributed by atoms with van der Waals surface area (Å²) in [4.78, 5) is 2.63. The van der Waals surface area contributed by atoms with Crippen molar-refractivity contribution < 1.29 is 0 Å². The van der Waals surface area contributed by atoms with Crippen LogP contribution in [0, 0.1) is 18.8 Å². The molecule has 3 heteroatoms. The standard InChI is InChI=1S/C15H21ClN2/c1-10-5-14(16)4-3-12(10)8-18-9-13-6-17-7-15(13)11(18)2/h3-5,11,13,15,17H,6-9H2,1-2H3. The Morgan fingerprint density at radius 3 is 2.94 bits per heavy atom. The van der Waals surface area contributed by atoms with Gasteiger partial charge in [-0.1, -0.05) is 17.7 Å². The van der Waals surface area contributed by atoms with Crippen LogP contribution in [-0.4, -0.2) is 30.6 Å². The average Bonchev–Trinajstić information content (AvgIpc) is 2.88. The third-order valence-electron chi connectivity index (χ3n) is 4.73. The molecule has 2 nitrogen and oxygen atoms in total. The van der Waals surface area contributed by atoms with Crippen molar-refractivity contribution in [1.82, 2.24) is 10.2 Å². The first-order valence-electron chi connectivity index (χ1n) is 6.85. The number of aryl methyl sites for hydroxylation is 1. The van der Waals surface area contributed by atoms with Crippen molar-refractivity contribution in [3.8, 4) is 0 Å². The lowest BCUT2D eigenvalue weighted by molar-refractivity contribution is 0.231. The molecule has 2 heterocycles. The molecule has 0 spiro atoms. The molecule has 98 valence electrons. The van der Waals surface area contributed by atoms with Gasteiger partial charge in [0.2, 0.25) is 0 Å². The van der Waals surface area contributed by atoms with Gasteiger partial charge in [0.05, 0.1) is 0 Å². The molecule has 1 aromatic carbocycles. The Morgan fingerprint density at radius 2 is 2.22 bits per heavy atom. The first-order valence-corrected chi connectivity index (χ1v) is 7.23. The van der Waals surface area contributed by atoms with E-state index in [4.69, 9.17) is 11.6 Å². The third-order valence-corrected chi connectivity index (χ3v) is 4.97. The molecule has 0 aliphatic carbocycles.